The molecular weight excluding hydrogens is 426 g/mol. The van der Waals surface area contributed by atoms with E-state index in [-0.39, 0.29) is 19.0 Å². The fourth-order valence-electron chi connectivity index (χ4n) is 3.80. The second-order valence-corrected chi connectivity index (χ2v) is 9.43. The van der Waals surface area contributed by atoms with Gasteiger partial charge in [0.25, 0.3) is 0 Å². The Kier molecular flexibility index (Phi) is 5.96. The van der Waals surface area contributed by atoms with Crippen molar-refractivity contribution in [1.29, 1.82) is 0 Å². The molecular formula is C24H28BFN2O5. The zero-order valence-corrected chi connectivity index (χ0v) is 19.5. The highest BCUT2D eigenvalue weighted by molar-refractivity contribution is 6.62. The van der Waals surface area contributed by atoms with E-state index in [0.29, 0.717) is 16.8 Å². The lowest BCUT2D eigenvalue weighted by molar-refractivity contribution is -0.119. The number of carbonyl (C=O) groups is 2. The Balaban J connectivity index is 1.48. The van der Waals surface area contributed by atoms with Crippen molar-refractivity contribution in [1.82, 2.24) is 5.32 Å². The second-order valence-electron chi connectivity index (χ2n) is 9.43. The Morgan fingerprint density at radius 3 is 2.33 bits per heavy atom. The first-order chi connectivity index (χ1) is 15.5. The summed E-state index contributed by atoms with van der Waals surface area (Å²) in [6.45, 7) is 9.83. The number of benzene rings is 2. The third kappa shape index (κ3) is 4.61. The van der Waals surface area contributed by atoms with E-state index >= 15 is 0 Å². The molecule has 1 N–H and O–H groups in total. The number of anilines is 1. The Morgan fingerprint density at radius 2 is 1.76 bits per heavy atom. The van der Waals surface area contributed by atoms with Gasteiger partial charge in [0, 0.05) is 12.5 Å². The lowest BCUT2D eigenvalue weighted by Gasteiger charge is -2.32. The van der Waals surface area contributed by atoms with E-state index in [0.717, 1.165) is 5.46 Å². The molecule has 33 heavy (non-hydrogen) atoms. The van der Waals surface area contributed by atoms with Crippen molar-refractivity contribution < 1.29 is 28.0 Å². The molecule has 2 heterocycles. The molecule has 2 aromatic rings. The van der Waals surface area contributed by atoms with E-state index in [1.807, 2.05) is 52.0 Å². The summed E-state index contributed by atoms with van der Waals surface area (Å²) in [6, 6.07) is 12.0. The molecule has 0 aliphatic carbocycles. The van der Waals surface area contributed by atoms with Crippen LogP contribution in [0.1, 0.15) is 34.6 Å². The van der Waals surface area contributed by atoms with Crippen molar-refractivity contribution in [2.24, 2.45) is 0 Å². The van der Waals surface area contributed by atoms with Crippen LogP contribution in [0.15, 0.2) is 42.5 Å². The summed E-state index contributed by atoms with van der Waals surface area (Å²) >= 11 is 0. The van der Waals surface area contributed by atoms with E-state index < -0.39 is 36.3 Å². The number of nitrogens with zero attached hydrogens (tertiary/aromatic N) is 1. The van der Waals surface area contributed by atoms with Crippen molar-refractivity contribution in [2.75, 3.05) is 18.0 Å². The minimum Gasteiger partial charge on any atom is -0.442 e. The van der Waals surface area contributed by atoms with Gasteiger partial charge in [-0.25, -0.2) is 9.18 Å². The minimum absolute atomic E-state index is 0.204. The number of hydrogen-bond acceptors (Lipinski definition) is 5. The molecule has 1 atom stereocenters. The van der Waals surface area contributed by atoms with E-state index in [2.05, 4.69) is 5.32 Å². The van der Waals surface area contributed by atoms with Crippen LogP contribution in [0.2, 0.25) is 0 Å². The number of amides is 2. The van der Waals surface area contributed by atoms with Crippen molar-refractivity contribution in [3.63, 3.8) is 0 Å². The Morgan fingerprint density at radius 1 is 1.12 bits per heavy atom. The third-order valence-electron chi connectivity index (χ3n) is 6.46. The van der Waals surface area contributed by atoms with Crippen molar-refractivity contribution in [3.05, 3.63) is 48.3 Å². The molecule has 0 radical (unpaired) electrons. The van der Waals surface area contributed by atoms with Gasteiger partial charge in [0.2, 0.25) is 5.91 Å². The second kappa shape index (κ2) is 8.46. The number of cyclic esters (lactones) is 1. The van der Waals surface area contributed by atoms with Crippen LogP contribution in [-0.4, -0.2) is 49.5 Å². The average molecular weight is 454 g/mol. The quantitative estimate of drug-likeness (QED) is 0.703. The summed E-state index contributed by atoms with van der Waals surface area (Å²) in [5.41, 5.74) is 1.51. The van der Waals surface area contributed by atoms with Crippen LogP contribution in [0.25, 0.3) is 11.1 Å². The predicted octanol–water partition coefficient (Wildman–Crippen LogP) is 3.25. The van der Waals surface area contributed by atoms with Gasteiger partial charge in [-0.2, -0.15) is 0 Å². The van der Waals surface area contributed by atoms with Gasteiger partial charge in [-0.3, -0.25) is 9.69 Å². The van der Waals surface area contributed by atoms with E-state index in [4.69, 9.17) is 14.0 Å². The number of ether oxygens (including phenoxy) is 1. The molecule has 2 aliphatic rings. The van der Waals surface area contributed by atoms with Crippen LogP contribution in [-0.2, 0) is 18.8 Å². The summed E-state index contributed by atoms with van der Waals surface area (Å²) in [4.78, 5) is 24.6. The zero-order chi connectivity index (χ0) is 24.0. The van der Waals surface area contributed by atoms with Gasteiger partial charge in [-0.1, -0.05) is 24.3 Å². The lowest BCUT2D eigenvalue weighted by Crippen LogP contribution is -2.41. The first-order valence-corrected chi connectivity index (χ1v) is 10.9. The van der Waals surface area contributed by atoms with Crippen molar-refractivity contribution >= 4 is 30.3 Å². The van der Waals surface area contributed by atoms with Gasteiger partial charge in [-0.15, -0.1) is 0 Å². The fourth-order valence-corrected chi connectivity index (χ4v) is 3.80. The number of nitrogens with one attached hydrogen (secondary N) is 1. The highest BCUT2D eigenvalue weighted by Gasteiger charge is 2.51. The molecule has 2 amide bonds. The van der Waals surface area contributed by atoms with E-state index in [1.54, 1.807) is 12.1 Å². The van der Waals surface area contributed by atoms with Crippen LogP contribution in [0.3, 0.4) is 0 Å². The summed E-state index contributed by atoms with van der Waals surface area (Å²) in [5, 5.41) is 2.62. The predicted molar refractivity (Wildman–Crippen MR) is 124 cm³/mol. The first-order valence-electron chi connectivity index (χ1n) is 10.9. The highest BCUT2D eigenvalue weighted by Crippen LogP contribution is 2.36. The number of rotatable bonds is 5. The molecule has 0 aromatic heterocycles. The van der Waals surface area contributed by atoms with Gasteiger partial charge in [0.05, 0.1) is 30.0 Å². The van der Waals surface area contributed by atoms with Gasteiger partial charge >= 0.3 is 13.2 Å². The molecule has 0 saturated carbocycles. The maximum absolute atomic E-state index is 15.0. The monoisotopic (exact) mass is 454 g/mol. The summed E-state index contributed by atoms with van der Waals surface area (Å²) in [6.07, 6.45) is -1.05. The van der Waals surface area contributed by atoms with Gasteiger partial charge in [0.1, 0.15) is 11.9 Å². The molecule has 2 saturated heterocycles. The maximum atomic E-state index is 15.0. The third-order valence-corrected chi connectivity index (χ3v) is 6.46. The summed E-state index contributed by atoms with van der Waals surface area (Å²) < 4.78 is 32.4. The van der Waals surface area contributed by atoms with Crippen molar-refractivity contribution in [3.8, 4) is 11.1 Å². The number of halogens is 1. The van der Waals surface area contributed by atoms with Gasteiger partial charge in [-0.05, 0) is 56.9 Å². The number of carbonyl (C=O) groups excluding carboxylic acids is 2. The number of hydrogen-bond donors (Lipinski definition) is 1. The summed E-state index contributed by atoms with van der Waals surface area (Å²) in [5.74, 6) is -0.654. The molecule has 9 heteroatoms. The SMILES string of the molecule is CC(=O)NC[C@H]1CN(c2ccc(-c3ccc(B4OC(C)(C)C(C)(C)O4)cc3)c(F)c2)C(=O)O1. The smallest absolute Gasteiger partial charge is 0.442 e. The minimum atomic E-state index is -0.565. The fraction of sp³-hybridized carbons (Fsp3) is 0.417. The summed E-state index contributed by atoms with van der Waals surface area (Å²) in [7, 11) is -0.483. The van der Waals surface area contributed by atoms with E-state index in [1.165, 1.54) is 17.9 Å². The Bertz CT molecular complexity index is 1060. The topological polar surface area (TPSA) is 77.1 Å². The first kappa shape index (κ1) is 23.3. The molecule has 0 spiro atoms. The Hall–Kier alpha value is -2.91. The largest absolute Gasteiger partial charge is 0.494 e. The van der Waals surface area contributed by atoms with Gasteiger partial charge in [0.15, 0.2) is 0 Å². The molecule has 0 unspecified atom stereocenters. The molecule has 2 aromatic carbocycles. The van der Waals surface area contributed by atoms with E-state index in [9.17, 15) is 14.0 Å². The van der Waals surface area contributed by atoms with Crippen LogP contribution in [0.5, 0.6) is 0 Å². The molecule has 2 aliphatic heterocycles. The molecule has 2 fully saturated rings. The van der Waals surface area contributed by atoms with Crippen LogP contribution in [0.4, 0.5) is 14.9 Å². The molecule has 4 rings (SSSR count). The maximum Gasteiger partial charge on any atom is 0.494 e. The molecule has 0 bridgehead atoms. The lowest BCUT2D eigenvalue weighted by atomic mass is 9.78. The Labute approximate surface area is 193 Å². The van der Waals surface area contributed by atoms with Crippen molar-refractivity contribution in [2.45, 2.75) is 51.9 Å². The van der Waals surface area contributed by atoms with Crippen LogP contribution in [0, 0.1) is 5.82 Å². The standard InChI is InChI=1S/C24H28BFN2O5/c1-15(29)27-13-19-14-28(22(30)31-19)18-10-11-20(21(26)12-18)16-6-8-17(9-7-16)25-32-23(2,3)24(4,5)33-25/h6-12,19H,13-14H2,1-5H3,(H,27,29)/t19-/m0/s1. The molecule has 174 valence electrons. The van der Waals surface area contributed by atoms with Gasteiger partial charge < -0.3 is 19.4 Å². The normalized spacial score (nSPS) is 21.3. The average Bonchev–Trinajstić information content (AvgIpc) is 3.22. The highest BCUT2D eigenvalue weighted by atomic mass is 19.1. The molecule has 7 nitrogen and oxygen atoms in total. The zero-order valence-electron chi connectivity index (χ0n) is 19.5. The van der Waals surface area contributed by atoms with Crippen LogP contribution >= 0.6 is 0 Å². The van der Waals surface area contributed by atoms with Crippen LogP contribution < -0.4 is 15.7 Å².